The lowest BCUT2D eigenvalue weighted by molar-refractivity contribution is 0.188. The van der Waals surface area contributed by atoms with E-state index in [0.29, 0.717) is 0 Å². The normalized spacial score (nSPS) is 12.8. The van der Waals surface area contributed by atoms with E-state index < -0.39 is 0 Å². The van der Waals surface area contributed by atoms with Gasteiger partial charge in [0.05, 0.1) is 0 Å². The number of halogens is 2. The highest BCUT2D eigenvalue weighted by molar-refractivity contribution is 14.1. The largest absolute Gasteiger partial charge is 0.385 e. The number of benzene rings is 1. The van der Waals surface area contributed by atoms with Crippen molar-refractivity contribution in [2.75, 3.05) is 13.7 Å². The van der Waals surface area contributed by atoms with E-state index in [0.717, 1.165) is 23.9 Å². The third-order valence-electron chi connectivity index (χ3n) is 2.38. The van der Waals surface area contributed by atoms with Gasteiger partial charge in [-0.1, -0.05) is 15.9 Å². The number of methoxy groups -OCH3 is 1. The van der Waals surface area contributed by atoms with Crippen LogP contribution in [-0.2, 0) is 4.74 Å². The quantitative estimate of drug-likeness (QED) is 0.335. The lowest BCUT2D eigenvalue weighted by atomic mass is 10.0. The molecule has 5 heteroatoms. The first-order valence-corrected chi connectivity index (χ1v) is 6.96. The third kappa shape index (κ3) is 4.29. The molecule has 0 saturated heterocycles. The molecule has 0 aliphatic rings. The number of ether oxygens (including phenoxy) is 1. The van der Waals surface area contributed by atoms with Gasteiger partial charge >= 0.3 is 0 Å². The molecule has 1 unspecified atom stereocenters. The van der Waals surface area contributed by atoms with Gasteiger partial charge in [-0.2, -0.15) is 0 Å². The molecule has 16 heavy (non-hydrogen) atoms. The van der Waals surface area contributed by atoms with Gasteiger partial charge in [0.2, 0.25) is 0 Å². The Bertz CT molecular complexity index is 336. The molecule has 0 heterocycles. The average Bonchev–Trinajstić information content (AvgIpc) is 2.28. The Morgan fingerprint density at radius 3 is 2.94 bits per heavy atom. The first-order valence-electron chi connectivity index (χ1n) is 5.09. The summed E-state index contributed by atoms with van der Waals surface area (Å²) in [5, 5.41) is 0. The van der Waals surface area contributed by atoms with E-state index >= 15 is 0 Å². The van der Waals surface area contributed by atoms with Crippen LogP contribution in [0, 0.1) is 3.57 Å². The summed E-state index contributed by atoms with van der Waals surface area (Å²) >= 11 is 5.85. The Labute approximate surface area is 118 Å². The molecule has 3 nitrogen and oxygen atoms in total. The zero-order valence-electron chi connectivity index (χ0n) is 9.17. The van der Waals surface area contributed by atoms with Crippen molar-refractivity contribution in [2.24, 2.45) is 5.84 Å². The van der Waals surface area contributed by atoms with Crippen molar-refractivity contribution < 1.29 is 4.74 Å². The number of nitrogens with two attached hydrogens (primary N) is 1. The Morgan fingerprint density at radius 1 is 1.56 bits per heavy atom. The molecule has 0 amide bonds. The summed E-state index contributed by atoms with van der Waals surface area (Å²) in [6, 6.07) is 6.43. The summed E-state index contributed by atoms with van der Waals surface area (Å²) in [4.78, 5) is 0. The minimum Gasteiger partial charge on any atom is -0.385 e. The molecule has 0 aromatic heterocycles. The van der Waals surface area contributed by atoms with E-state index in [2.05, 4.69) is 62.1 Å². The maximum Gasteiger partial charge on any atom is 0.0472 e. The van der Waals surface area contributed by atoms with Crippen LogP contribution in [-0.4, -0.2) is 13.7 Å². The number of nitrogens with one attached hydrogen (secondary N) is 1. The second-order valence-corrected chi connectivity index (χ2v) is 5.62. The molecule has 3 N–H and O–H groups in total. The molecular weight excluding hydrogens is 383 g/mol. The van der Waals surface area contributed by atoms with Crippen molar-refractivity contribution >= 4 is 38.5 Å². The van der Waals surface area contributed by atoms with E-state index in [1.54, 1.807) is 7.11 Å². The highest BCUT2D eigenvalue weighted by atomic mass is 127. The molecule has 0 aliphatic carbocycles. The molecule has 0 bridgehead atoms. The number of hydrogen-bond donors (Lipinski definition) is 2. The van der Waals surface area contributed by atoms with Gasteiger partial charge in [-0.25, -0.2) is 0 Å². The number of hydrogen-bond acceptors (Lipinski definition) is 3. The van der Waals surface area contributed by atoms with Gasteiger partial charge in [0, 0.05) is 27.8 Å². The van der Waals surface area contributed by atoms with E-state index in [1.807, 2.05) is 0 Å². The van der Waals surface area contributed by atoms with Crippen molar-refractivity contribution in [1.82, 2.24) is 5.43 Å². The van der Waals surface area contributed by atoms with E-state index in [9.17, 15) is 0 Å². The summed E-state index contributed by atoms with van der Waals surface area (Å²) in [5.74, 6) is 5.59. The Kier molecular flexibility index (Phi) is 6.83. The van der Waals surface area contributed by atoms with Crippen LogP contribution >= 0.6 is 38.5 Å². The van der Waals surface area contributed by atoms with E-state index in [-0.39, 0.29) is 6.04 Å². The fraction of sp³-hybridized carbons (Fsp3) is 0.455. The molecule has 0 spiro atoms. The molecule has 1 aromatic rings. The van der Waals surface area contributed by atoms with Crippen LogP contribution < -0.4 is 11.3 Å². The zero-order chi connectivity index (χ0) is 12.0. The summed E-state index contributed by atoms with van der Waals surface area (Å²) in [6.07, 6.45) is 1.95. The van der Waals surface area contributed by atoms with Crippen molar-refractivity contribution in [3.63, 3.8) is 0 Å². The number of rotatable bonds is 6. The second kappa shape index (κ2) is 7.60. The van der Waals surface area contributed by atoms with Crippen LogP contribution in [0.25, 0.3) is 0 Å². The minimum atomic E-state index is 0.166. The smallest absolute Gasteiger partial charge is 0.0472 e. The molecule has 1 rings (SSSR count). The number of hydrazine groups is 1. The molecular formula is C11H16BrIN2O. The van der Waals surface area contributed by atoms with Crippen LogP contribution in [0.1, 0.15) is 24.4 Å². The lowest BCUT2D eigenvalue weighted by Gasteiger charge is -2.18. The first kappa shape index (κ1) is 14.4. The SMILES string of the molecule is COCCCC(NN)c1cc(I)ccc1Br. The van der Waals surface area contributed by atoms with Gasteiger partial charge in [0.1, 0.15) is 0 Å². The van der Waals surface area contributed by atoms with Crippen LogP contribution in [0.2, 0.25) is 0 Å². The predicted molar refractivity (Wildman–Crippen MR) is 78.0 cm³/mol. The van der Waals surface area contributed by atoms with Crippen LogP contribution in [0.15, 0.2) is 22.7 Å². The van der Waals surface area contributed by atoms with Gasteiger partial charge in [0.25, 0.3) is 0 Å². The van der Waals surface area contributed by atoms with Gasteiger partial charge in [-0.15, -0.1) is 0 Å². The van der Waals surface area contributed by atoms with E-state index in [4.69, 9.17) is 10.6 Å². The average molecular weight is 399 g/mol. The fourth-order valence-electron chi connectivity index (χ4n) is 1.54. The maximum atomic E-state index is 5.59. The predicted octanol–water partition coefficient (Wildman–Crippen LogP) is 2.98. The van der Waals surface area contributed by atoms with Gasteiger partial charge in [-0.05, 0) is 59.2 Å². The van der Waals surface area contributed by atoms with Gasteiger partial charge in [-0.3, -0.25) is 11.3 Å². The molecule has 0 fully saturated rings. The Morgan fingerprint density at radius 2 is 2.31 bits per heavy atom. The highest BCUT2D eigenvalue weighted by Gasteiger charge is 2.12. The van der Waals surface area contributed by atoms with Crippen molar-refractivity contribution in [3.8, 4) is 0 Å². The highest BCUT2D eigenvalue weighted by Crippen LogP contribution is 2.27. The zero-order valence-corrected chi connectivity index (χ0v) is 12.9. The van der Waals surface area contributed by atoms with Crippen molar-refractivity contribution in [3.05, 3.63) is 31.8 Å². The van der Waals surface area contributed by atoms with Crippen LogP contribution in [0.3, 0.4) is 0 Å². The summed E-state index contributed by atoms with van der Waals surface area (Å²) in [5.41, 5.74) is 4.06. The summed E-state index contributed by atoms with van der Waals surface area (Å²) < 4.78 is 7.35. The van der Waals surface area contributed by atoms with Crippen LogP contribution in [0.4, 0.5) is 0 Å². The maximum absolute atomic E-state index is 5.59. The Balaban J connectivity index is 2.73. The lowest BCUT2D eigenvalue weighted by Crippen LogP contribution is -2.28. The van der Waals surface area contributed by atoms with Crippen molar-refractivity contribution in [2.45, 2.75) is 18.9 Å². The van der Waals surface area contributed by atoms with Gasteiger partial charge in [0.15, 0.2) is 0 Å². The van der Waals surface area contributed by atoms with Crippen molar-refractivity contribution in [1.29, 1.82) is 0 Å². The molecule has 0 aliphatic heterocycles. The molecule has 0 saturated carbocycles. The standard InChI is InChI=1S/C11H16BrIN2O/c1-16-6-2-3-11(15-14)9-7-8(13)4-5-10(9)12/h4-5,7,11,15H,2-3,6,14H2,1H3. The Hall–Kier alpha value is 0.310. The first-order chi connectivity index (χ1) is 7.69. The van der Waals surface area contributed by atoms with E-state index in [1.165, 1.54) is 9.13 Å². The fourth-order valence-corrected chi connectivity index (χ4v) is 2.58. The third-order valence-corrected chi connectivity index (χ3v) is 3.77. The van der Waals surface area contributed by atoms with Gasteiger partial charge < -0.3 is 4.74 Å². The van der Waals surface area contributed by atoms with Crippen LogP contribution in [0.5, 0.6) is 0 Å². The summed E-state index contributed by atoms with van der Waals surface area (Å²) in [7, 11) is 1.71. The molecule has 0 radical (unpaired) electrons. The minimum absolute atomic E-state index is 0.166. The summed E-state index contributed by atoms with van der Waals surface area (Å²) in [6.45, 7) is 0.764. The molecule has 1 atom stereocenters. The monoisotopic (exact) mass is 398 g/mol. The topological polar surface area (TPSA) is 47.3 Å². The second-order valence-electron chi connectivity index (χ2n) is 3.52. The molecule has 90 valence electrons. The molecule has 1 aromatic carbocycles.